The van der Waals surface area contributed by atoms with E-state index >= 15 is 0 Å². The van der Waals surface area contributed by atoms with E-state index in [2.05, 4.69) is 11.9 Å². The fourth-order valence-corrected chi connectivity index (χ4v) is 2.71. The van der Waals surface area contributed by atoms with Gasteiger partial charge in [-0.1, -0.05) is 19.3 Å². The Morgan fingerprint density at radius 1 is 1.25 bits per heavy atom. The average molecular weight is 277 g/mol. The number of rotatable bonds is 6. The molecule has 4 heteroatoms. The van der Waals surface area contributed by atoms with E-state index < -0.39 is 5.97 Å². The van der Waals surface area contributed by atoms with Crippen molar-refractivity contribution >= 4 is 5.97 Å². The molecule has 0 unspecified atom stereocenters. The van der Waals surface area contributed by atoms with Crippen LogP contribution in [0.5, 0.6) is 5.75 Å². The Bertz CT molecular complexity index is 424. The van der Waals surface area contributed by atoms with E-state index in [1.807, 2.05) is 0 Å². The van der Waals surface area contributed by atoms with Crippen LogP contribution in [0, 0.1) is 0 Å². The van der Waals surface area contributed by atoms with Crippen LogP contribution in [0.15, 0.2) is 24.3 Å². The van der Waals surface area contributed by atoms with Crippen LogP contribution in [0.4, 0.5) is 0 Å². The minimum absolute atomic E-state index is 0.289. The number of carbonyl (C=O) groups is 1. The average Bonchev–Trinajstić information content (AvgIpc) is 2.48. The largest absolute Gasteiger partial charge is 0.492 e. The van der Waals surface area contributed by atoms with E-state index in [4.69, 9.17) is 9.84 Å². The zero-order chi connectivity index (χ0) is 14.4. The number of ether oxygens (including phenoxy) is 1. The van der Waals surface area contributed by atoms with Crippen molar-refractivity contribution in [3.05, 3.63) is 29.8 Å². The van der Waals surface area contributed by atoms with Crippen molar-refractivity contribution in [2.75, 3.05) is 20.2 Å². The Morgan fingerprint density at radius 3 is 2.50 bits per heavy atom. The lowest BCUT2D eigenvalue weighted by Gasteiger charge is -2.31. The fourth-order valence-electron chi connectivity index (χ4n) is 2.71. The highest BCUT2D eigenvalue weighted by Gasteiger charge is 2.17. The van der Waals surface area contributed by atoms with Crippen LogP contribution in [-0.2, 0) is 0 Å². The van der Waals surface area contributed by atoms with Gasteiger partial charge in [0.15, 0.2) is 0 Å². The summed E-state index contributed by atoms with van der Waals surface area (Å²) in [5, 5.41) is 8.82. The zero-order valence-corrected chi connectivity index (χ0v) is 12.0. The number of benzene rings is 1. The van der Waals surface area contributed by atoms with Crippen molar-refractivity contribution in [2.45, 2.75) is 38.1 Å². The first-order valence-electron chi connectivity index (χ1n) is 7.33. The second-order valence-electron chi connectivity index (χ2n) is 5.45. The van der Waals surface area contributed by atoms with Crippen LogP contribution >= 0.6 is 0 Å². The maximum Gasteiger partial charge on any atom is 0.335 e. The monoisotopic (exact) mass is 277 g/mol. The predicted octanol–water partition coefficient (Wildman–Crippen LogP) is 3.03. The molecule has 0 atom stereocenters. The summed E-state index contributed by atoms with van der Waals surface area (Å²) in [6.45, 7) is 1.55. The SMILES string of the molecule is CN(CCOc1ccc(C(=O)O)cc1)C1CCCCC1. The maximum absolute atomic E-state index is 10.7. The highest BCUT2D eigenvalue weighted by atomic mass is 16.5. The van der Waals surface area contributed by atoms with Gasteiger partial charge in [-0.2, -0.15) is 0 Å². The van der Waals surface area contributed by atoms with Gasteiger partial charge in [0, 0.05) is 12.6 Å². The van der Waals surface area contributed by atoms with Crippen molar-refractivity contribution in [3.8, 4) is 5.75 Å². The van der Waals surface area contributed by atoms with Gasteiger partial charge in [0.2, 0.25) is 0 Å². The van der Waals surface area contributed by atoms with Gasteiger partial charge in [-0.15, -0.1) is 0 Å². The van der Waals surface area contributed by atoms with Gasteiger partial charge < -0.3 is 14.7 Å². The van der Waals surface area contributed by atoms with Gasteiger partial charge in [-0.3, -0.25) is 0 Å². The summed E-state index contributed by atoms with van der Waals surface area (Å²) in [4.78, 5) is 13.1. The topological polar surface area (TPSA) is 49.8 Å². The van der Waals surface area contributed by atoms with Gasteiger partial charge in [0.25, 0.3) is 0 Å². The van der Waals surface area contributed by atoms with Crippen LogP contribution < -0.4 is 4.74 Å². The van der Waals surface area contributed by atoms with Gasteiger partial charge >= 0.3 is 5.97 Å². The first kappa shape index (κ1) is 14.9. The highest BCUT2D eigenvalue weighted by molar-refractivity contribution is 5.87. The van der Waals surface area contributed by atoms with Crippen molar-refractivity contribution in [1.29, 1.82) is 0 Å². The van der Waals surface area contributed by atoms with Gasteiger partial charge in [-0.25, -0.2) is 4.79 Å². The number of likely N-dealkylation sites (N-methyl/N-ethyl adjacent to an activating group) is 1. The number of hydrogen-bond donors (Lipinski definition) is 1. The molecule has 0 saturated heterocycles. The fraction of sp³-hybridized carbons (Fsp3) is 0.562. The Kier molecular flexibility index (Phi) is 5.41. The first-order chi connectivity index (χ1) is 9.66. The zero-order valence-electron chi connectivity index (χ0n) is 12.0. The molecule has 1 aliphatic carbocycles. The molecular weight excluding hydrogens is 254 g/mol. The smallest absolute Gasteiger partial charge is 0.335 e. The molecule has 1 N–H and O–H groups in total. The summed E-state index contributed by atoms with van der Waals surface area (Å²) < 4.78 is 5.67. The lowest BCUT2D eigenvalue weighted by atomic mass is 9.94. The molecule has 0 aliphatic heterocycles. The molecule has 2 rings (SSSR count). The standard InChI is InChI=1S/C16H23NO3/c1-17(14-5-3-2-4-6-14)11-12-20-15-9-7-13(8-10-15)16(18)19/h7-10,14H,2-6,11-12H2,1H3,(H,18,19). The van der Waals surface area contributed by atoms with E-state index in [0.29, 0.717) is 12.6 Å². The molecule has 1 aromatic rings. The molecule has 1 fully saturated rings. The number of hydrogen-bond acceptors (Lipinski definition) is 3. The van der Waals surface area contributed by atoms with Crippen LogP contribution in [0.2, 0.25) is 0 Å². The number of aromatic carboxylic acids is 1. The van der Waals surface area contributed by atoms with Crippen molar-refractivity contribution in [2.24, 2.45) is 0 Å². The van der Waals surface area contributed by atoms with E-state index in [9.17, 15) is 4.79 Å². The summed E-state index contributed by atoms with van der Waals surface area (Å²) >= 11 is 0. The molecular formula is C16H23NO3. The second-order valence-corrected chi connectivity index (χ2v) is 5.45. The van der Waals surface area contributed by atoms with Crippen molar-refractivity contribution in [1.82, 2.24) is 4.90 Å². The lowest BCUT2D eigenvalue weighted by molar-refractivity contribution is 0.0697. The Morgan fingerprint density at radius 2 is 1.90 bits per heavy atom. The quantitative estimate of drug-likeness (QED) is 0.868. The maximum atomic E-state index is 10.7. The third-order valence-corrected chi connectivity index (χ3v) is 4.01. The van der Waals surface area contributed by atoms with Crippen LogP contribution in [0.25, 0.3) is 0 Å². The number of nitrogens with zero attached hydrogens (tertiary/aromatic N) is 1. The molecule has 110 valence electrons. The number of carboxylic acid groups (broad SMARTS) is 1. The molecule has 1 aromatic carbocycles. The van der Waals surface area contributed by atoms with Gasteiger partial charge in [0.1, 0.15) is 12.4 Å². The van der Waals surface area contributed by atoms with Crippen LogP contribution in [0.1, 0.15) is 42.5 Å². The van der Waals surface area contributed by atoms with Crippen molar-refractivity contribution in [3.63, 3.8) is 0 Å². The Hall–Kier alpha value is -1.55. The lowest BCUT2D eigenvalue weighted by Crippen LogP contribution is -2.36. The molecule has 0 spiro atoms. The minimum atomic E-state index is -0.909. The molecule has 0 bridgehead atoms. The van der Waals surface area contributed by atoms with E-state index in [1.54, 1.807) is 24.3 Å². The molecule has 20 heavy (non-hydrogen) atoms. The molecule has 0 amide bonds. The third-order valence-electron chi connectivity index (χ3n) is 4.01. The van der Waals surface area contributed by atoms with Gasteiger partial charge in [0.05, 0.1) is 5.56 Å². The third kappa shape index (κ3) is 4.23. The van der Waals surface area contributed by atoms with E-state index in [1.165, 1.54) is 32.1 Å². The molecule has 0 radical (unpaired) electrons. The summed E-state index contributed by atoms with van der Waals surface area (Å²) in [6.07, 6.45) is 6.64. The number of carboxylic acids is 1. The van der Waals surface area contributed by atoms with Crippen LogP contribution in [0.3, 0.4) is 0 Å². The minimum Gasteiger partial charge on any atom is -0.492 e. The second kappa shape index (κ2) is 7.29. The Balaban J connectivity index is 1.73. The first-order valence-corrected chi connectivity index (χ1v) is 7.33. The van der Waals surface area contributed by atoms with Crippen LogP contribution in [-0.4, -0.2) is 42.2 Å². The van der Waals surface area contributed by atoms with Crippen molar-refractivity contribution < 1.29 is 14.6 Å². The summed E-state index contributed by atoms with van der Waals surface area (Å²) in [5.74, 6) is -0.180. The molecule has 4 nitrogen and oxygen atoms in total. The Labute approximate surface area is 120 Å². The molecule has 0 aromatic heterocycles. The van der Waals surface area contributed by atoms with E-state index in [-0.39, 0.29) is 5.56 Å². The summed E-state index contributed by atoms with van der Waals surface area (Å²) in [6, 6.07) is 7.26. The normalized spacial score (nSPS) is 16.3. The molecule has 1 aliphatic rings. The summed E-state index contributed by atoms with van der Waals surface area (Å²) in [5.41, 5.74) is 0.289. The van der Waals surface area contributed by atoms with E-state index in [0.717, 1.165) is 12.3 Å². The highest BCUT2D eigenvalue weighted by Crippen LogP contribution is 2.21. The van der Waals surface area contributed by atoms with Gasteiger partial charge in [-0.05, 0) is 44.2 Å². The molecule has 0 heterocycles. The predicted molar refractivity (Wildman–Crippen MR) is 78.4 cm³/mol. The summed E-state index contributed by atoms with van der Waals surface area (Å²) in [7, 11) is 2.16. The molecule has 1 saturated carbocycles.